The summed E-state index contributed by atoms with van der Waals surface area (Å²) in [5, 5.41) is 8.90. The van der Waals surface area contributed by atoms with E-state index in [0.29, 0.717) is 11.1 Å². The van der Waals surface area contributed by atoms with Crippen LogP contribution < -0.4 is 0 Å². The maximum atomic E-state index is 11.5. The molecule has 5 nitrogen and oxygen atoms in total. The third-order valence-electron chi connectivity index (χ3n) is 4.95. The van der Waals surface area contributed by atoms with E-state index in [9.17, 15) is 4.79 Å². The molecular formula is C22H25N3O2. The summed E-state index contributed by atoms with van der Waals surface area (Å²) in [6, 6.07) is 17.7. The number of carbonyl (C=O) groups is 1. The Bertz CT molecular complexity index is 794. The second kappa shape index (κ2) is 9.31. The third kappa shape index (κ3) is 5.40. The molecule has 0 aliphatic carbocycles. The van der Waals surface area contributed by atoms with Crippen molar-refractivity contribution in [3.8, 4) is 6.07 Å². The fourth-order valence-corrected chi connectivity index (χ4v) is 3.41. The van der Waals surface area contributed by atoms with Crippen LogP contribution in [0.4, 0.5) is 0 Å². The van der Waals surface area contributed by atoms with Gasteiger partial charge < -0.3 is 4.74 Å². The Morgan fingerprint density at radius 1 is 0.926 bits per heavy atom. The summed E-state index contributed by atoms with van der Waals surface area (Å²) < 4.78 is 4.75. The molecule has 0 radical (unpaired) electrons. The van der Waals surface area contributed by atoms with Crippen LogP contribution in [0, 0.1) is 11.3 Å². The van der Waals surface area contributed by atoms with E-state index in [-0.39, 0.29) is 5.97 Å². The number of methoxy groups -OCH3 is 1. The van der Waals surface area contributed by atoms with Gasteiger partial charge in [-0.3, -0.25) is 9.80 Å². The number of esters is 1. The summed E-state index contributed by atoms with van der Waals surface area (Å²) in [7, 11) is 1.40. The SMILES string of the molecule is COC(=O)c1ccc(CN2CCCN(Cc3ccc(C#N)cc3)CC2)cc1. The quantitative estimate of drug-likeness (QED) is 0.764. The van der Waals surface area contributed by atoms with Crippen molar-refractivity contribution in [3.05, 3.63) is 70.8 Å². The Kier molecular flexibility index (Phi) is 6.59. The smallest absolute Gasteiger partial charge is 0.337 e. The highest BCUT2D eigenvalue weighted by molar-refractivity contribution is 5.89. The summed E-state index contributed by atoms with van der Waals surface area (Å²) in [5.74, 6) is -0.297. The Hall–Kier alpha value is -2.68. The molecule has 0 bridgehead atoms. The molecule has 0 unspecified atom stereocenters. The maximum absolute atomic E-state index is 11.5. The van der Waals surface area contributed by atoms with E-state index in [1.807, 2.05) is 48.5 Å². The molecule has 1 saturated heterocycles. The Balaban J connectivity index is 1.52. The van der Waals surface area contributed by atoms with Gasteiger partial charge in [-0.15, -0.1) is 0 Å². The molecule has 140 valence electrons. The zero-order chi connectivity index (χ0) is 19.1. The van der Waals surface area contributed by atoms with Crippen LogP contribution in [0.2, 0.25) is 0 Å². The number of hydrogen-bond acceptors (Lipinski definition) is 5. The van der Waals surface area contributed by atoms with E-state index in [1.54, 1.807) is 0 Å². The fraction of sp³-hybridized carbons (Fsp3) is 0.364. The first kappa shape index (κ1) is 19.1. The molecule has 0 saturated carbocycles. The third-order valence-corrected chi connectivity index (χ3v) is 4.95. The van der Waals surface area contributed by atoms with Gasteiger partial charge in [0.15, 0.2) is 0 Å². The number of benzene rings is 2. The number of nitriles is 1. The van der Waals surface area contributed by atoms with E-state index in [1.165, 1.54) is 18.2 Å². The van der Waals surface area contributed by atoms with Gasteiger partial charge in [-0.05, 0) is 54.9 Å². The van der Waals surface area contributed by atoms with Crippen molar-refractivity contribution in [2.24, 2.45) is 0 Å². The van der Waals surface area contributed by atoms with Gasteiger partial charge in [0.05, 0.1) is 24.3 Å². The van der Waals surface area contributed by atoms with E-state index < -0.39 is 0 Å². The number of ether oxygens (including phenoxy) is 1. The summed E-state index contributed by atoms with van der Waals surface area (Å²) in [6.07, 6.45) is 1.14. The first-order valence-corrected chi connectivity index (χ1v) is 9.29. The first-order valence-electron chi connectivity index (χ1n) is 9.29. The van der Waals surface area contributed by atoms with Crippen LogP contribution in [0.5, 0.6) is 0 Å². The number of carbonyl (C=O) groups excluding carboxylic acids is 1. The van der Waals surface area contributed by atoms with Gasteiger partial charge >= 0.3 is 5.97 Å². The Morgan fingerprint density at radius 3 is 1.93 bits per heavy atom. The van der Waals surface area contributed by atoms with Gasteiger partial charge in [0.2, 0.25) is 0 Å². The van der Waals surface area contributed by atoms with Gasteiger partial charge in [0.25, 0.3) is 0 Å². The molecule has 0 atom stereocenters. The molecule has 5 heteroatoms. The second-order valence-electron chi connectivity index (χ2n) is 6.90. The van der Waals surface area contributed by atoms with E-state index in [4.69, 9.17) is 10.00 Å². The Labute approximate surface area is 160 Å². The van der Waals surface area contributed by atoms with Crippen molar-refractivity contribution in [2.75, 3.05) is 33.3 Å². The van der Waals surface area contributed by atoms with Crippen LogP contribution in [-0.4, -0.2) is 49.1 Å². The lowest BCUT2D eigenvalue weighted by Crippen LogP contribution is -2.30. The van der Waals surface area contributed by atoms with Crippen molar-refractivity contribution in [2.45, 2.75) is 19.5 Å². The van der Waals surface area contributed by atoms with Crippen molar-refractivity contribution < 1.29 is 9.53 Å². The minimum absolute atomic E-state index is 0.297. The van der Waals surface area contributed by atoms with E-state index in [0.717, 1.165) is 45.7 Å². The molecule has 1 heterocycles. The van der Waals surface area contributed by atoms with Crippen LogP contribution in [0.15, 0.2) is 48.5 Å². The molecule has 27 heavy (non-hydrogen) atoms. The lowest BCUT2D eigenvalue weighted by molar-refractivity contribution is 0.0600. The van der Waals surface area contributed by atoms with Gasteiger partial charge in [-0.1, -0.05) is 24.3 Å². The molecule has 1 aliphatic heterocycles. The number of rotatable bonds is 5. The molecular weight excluding hydrogens is 338 g/mol. The molecule has 2 aromatic rings. The summed E-state index contributed by atoms with van der Waals surface area (Å²) in [6.45, 7) is 6.02. The van der Waals surface area contributed by atoms with Gasteiger partial charge in [0, 0.05) is 26.2 Å². The summed E-state index contributed by atoms with van der Waals surface area (Å²) >= 11 is 0. The Morgan fingerprint density at radius 2 is 1.44 bits per heavy atom. The molecule has 2 aromatic carbocycles. The highest BCUT2D eigenvalue weighted by Gasteiger charge is 2.15. The van der Waals surface area contributed by atoms with E-state index >= 15 is 0 Å². The minimum Gasteiger partial charge on any atom is -0.465 e. The van der Waals surface area contributed by atoms with Crippen molar-refractivity contribution >= 4 is 5.97 Å². The van der Waals surface area contributed by atoms with Crippen LogP contribution >= 0.6 is 0 Å². The topological polar surface area (TPSA) is 56.6 Å². The minimum atomic E-state index is -0.297. The number of nitrogens with zero attached hydrogens (tertiary/aromatic N) is 3. The molecule has 0 N–H and O–H groups in total. The summed E-state index contributed by atoms with van der Waals surface area (Å²) in [4.78, 5) is 16.5. The van der Waals surface area contributed by atoms with Crippen LogP contribution in [-0.2, 0) is 17.8 Å². The van der Waals surface area contributed by atoms with E-state index in [2.05, 4.69) is 15.9 Å². The summed E-state index contributed by atoms with van der Waals surface area (Å²) in [5.41, 5.74) is 3.76. The predicted octanol–water partition coefficient (Wildman–Crippen LogP) is 3.05. The predicted molar refractivity (Wildman–Crippen MR) is 104 cm³/mol. The molecule has 0 amide bonds. The van der Waals surface area contributed by atoms with Crippen LogP contribution in [0.25, 0.3) is 0 Å². The average Bonchev–Trinajstić information content (AvgIpc) is 2.93. The van der Waals surface area contributed by atoms with Crippen molar-refractivity contribution in [1.82, 2.24) is 9.80 Å². The van der Waals surface area contributed by atoms with Crippen molar-refractivity contribution in [3.63, 3.8) is 0 Å². The second-order valence-corrected chi connectivity index (χ2v) is 6.90. The highest BCUT2D eigenvalue weighted by atomic mass is 16.5. The zero-order valence-electron chi connectivity index (χ0n) is 15.7. The van der Waals surface area contributed by atoms with Gasteiger partial charge in [-0.2, -0.15) is 5.26 Å². The molecule has 1 fully saturated rings. The van der Waals surface area contributed by atoms with Crippen LogP contribution in [0.3, 0.4) is 0 Å². The first-order chi connectivity index (χ1) is 13.2. The zero-order valence-corrected chi connectivity index (χ0v) is 15.7. The van der Waals surface area contributed by atoms with Gasteiger partial charge in [0.1, 0.15) is 0 Å². The molecule has 1 aliphatic rings. The normalized spacial score (nSPS) is 15.7. The fourth-order valence-electron chi connectivity index (χ4n) is 3.41. The largest absolute Gasteiger partial charge is 0.465 e. The molecule has 3 rings (SSSR count). The number of hydrogen-bond donors (Lipinski definition) is 0. The lowest BCUT2D eigenvalue weighted by atomic mass is 10.1. The monoisotopic (exact) mass is 363 g/mol. The van der Waals surface area contributed by atoms with Gasteiger partial charge in [-0.25, -0.2) is 4.79 Å². The standard InChI is InChI=1S/C22H25N3O2/c1-27-22(26)21-9-7-20(8-10-21)17-25-12-2-11-24(13-14-25)16-19-5-3-18(15-23)4-6-19/h3-10H,2,11-14,16-17H2,1H3. The molecule has 0 spiro atoms. The average molecular weight is 363 g/mol. The van der Waals surface area contributed by atoms with Crippen LogP contribution in [0.1, 0.15) is 33.5 Å². The lowest BCUT2D eigenvalue weighted by Gasteiger charge is -2.22. The van der Waals surface area contributed by atoms with Crippen molar-refractivity contribution in [1.29, 1.82) is 5.26 Å². The molecule has 0 aromatic heterocycles. The maximum Gasteiger partial charge on any atom is 0.337 e. The highest BCUT2D eigenvalue weighted by Crippen LogP contribution is 2.13.